The zero-order valence-electron chi connectivity index (χ0n) is 12.0. The largest absolute Gasteiger partial charge is 0.295 e. The molecule has 2 heterocycles. The van der Waals surface area contributed by atoms with Crippen LogP contribution in [0.1, 0.15) is 40.6 Å². The van der Waals surface area contributed by atoms with Crippen molar-refractivity contribution in [2.45, 2.75) is 25.7 Å². The standard InChI is InChI=1S/C16H14N4OS/c1-9-17-16(22-20-9)19-15(21)14-12(10-6-7-10)8-11-4-2-3-5-13(11)18-14/h2-5,8,10H,6-7H2,1H3,(H,17,19,20,21). The Morgan fingerprint density at radius 2 is 2.09 bits per heavy atom. The van der Waals surface area contributed by atoms with Gasteiger partial charge in [-0.1, -0.05) is 18.2 Å². The van der Waals surface area contributed by atoms with Gasteiger partial charge in [-0.3, -0.25) is 10.1 Å². The van der Waals surface area contributed by atoms with E-state index in [9.17, 15) is 4.79 Å². The van der Waals surface area contributed by atoms with Crippen molar-refractivity contribution < 1.29 is 4.79 Å². The van der Waals surface area contributed by atoms with Crippen molar-refractivity contribution in [2.24, 2.45) is 0 Å². The first-order chi connectivity index (χ1) is 10.7. The molecular weight excluding hydrogens is 296 g/mol. The minimum absolute atomic E-state index is 0.205. The van der Waals surface area contributed by atoms with E-state index >= 15 is 0 Å². The number of carbonyl (C=O) groups is 1. The summed E-state index contributed by atoms with van der Waals surface area (Å²) in [4.78, 5) is 21.3. The number of rotatable bonds is 3. The summed E-state index contributed by atoms with van der Waals surface area (Å²) < 4.78 is 4.08. The van der Waals surface area contributed by atoms with Crippen molar-refractivity contribution in [3.8, 4) is 0 Å². The van der Waals surface area contributed by atoms with Crippen molar-refractivity contribution in [2.75, 3.05) is 5.32 Å². The van der Waals surface area contributed by atoms with Crippen LogP contribution in [-0.2, 0) is 0 Å². The number of fused-ring (bicyclic) bond motifs is 1. The zero-order chi connectivity index (χ0) is 15.1. The van der Waals surface area contributed by atoms with E-state index in [4.69, 9.17) is 0 Å². The Balaban J connectivity index is 1.75. The molecule has 1 amide bonds. The Morgan fingerprint density at radius 3 is 2.82 bits per heavy atom. The van der Waals surface area contributed by atoms with Crippen LogP contribution >= 0.6 is 11.5 Å². The molecule has 1 aromatic carbocycles. The monoisotopic (exact) mass is 310 g/mol. The van der Waals surface area contributed by atoms with E-state index < -0.39 is 0 Å². The number of aryl methyl sites for hydroxylation is 1. The average molecular weight is 310 g/mol. The Morgan fingerprint density at radius 1 is 1.27 bits per heavy atom. The fourth-order valence-electron chi connectivity index (χ4n) is 2.52. The summed E-state index contributed by atoms with van der Waals surface area (Å²) >= 11 is 1.19. The Hall–Kier alpha value is -2.34. The van der Waals surface area contributed by atoms with Gasteiger partial charge in [-0.15, -0.1) is 0 Å². The quantitative estimate of drug-likeness (QED) is 0.803. The van der Waals surface area contributed by atoms with Gasteiger partial charge in [0.1, 0.15) is 11.5 Å². The number of nitrogens with one attached hydrogen (secondary N) is 1. The fourth-order valence-corrected chi connectivity index (χ4v) is 3.09. The number of pyridine rings is 1. The van der Waals surface area contributed by atoms with Gasteiger partial charge >= 0.3 is 0 Å². The van der Waals surface area contributed by atoms with E-state index in [1.807, 2.05) is 24.3 Å². The van der Waals surface area contributed by atoms with Gasteiger partial charge in [0.2, 0.25) is 5.13 Å². The van der Waals surface area contributed by atoms with Crippen LogP contribution in [0.2, 0.25) is 0 Å². The number of carbonyl (C=O) groups excluding carboxylic acids is 1. The molecule has 0 aliphatic heterocycles. The van der Waals surface area contributed by atoms with Crippen LogP contribution in [0.3, 0.4) is 0 Å². The molecule has 6 heteroatoms. The number of anilines is 1. The van der Waals surface area contributed by atoms with E-state index in [1.54, 1.807) is 6.92 Å². The SMILES string of the molecule is Cc1nsc(NC(=O)c2nc3ccccc3cc2C2CC2)n1. The predicted octanol–water partition coefficient (Wildman–Crippen LogP) is 3.52. The van der Waals surface area contributed by atoms with E-state index in [2.05, 4.69) is 25.7 Å². The fraction of sp³-hybridized carbons (Fsp3) is 0.250. The summed E-state index contributed by atoms with van der Waals surface area (Å²) in [5, 5.41) is 4.40. The maximum absolute atomic E-state index is 12.6. The second kappa shape index (κ2) is 5.14. The topological polar surface area (TPSA) is 67.8 Å². The number of nitrogens with zero attached hydrogens (tertiary/aromatic N) is 3. The number of amides is 1. The Bertz CT molecular complexity index is 869. The minimum Gasteiger partial charge on any atom is -0.295 e. The number of aromatic nitrogens is 3. The third-order valence-electron chi connectivity index (χ3n) is 3.73. The highest BCUT2D eigenvalue weighted by Gasteiger charge is 2.29. The lowest BCUT2D eigenvalue weighted by atomic mass is 10.0. The molecule has 1 aliphatic rings. The second-order valence-electron chi connectivity index (χ2n) is 5.49. The highest BCUT2D eigenvalue weighted by atomic mass is 32.1. The van der Waals surface area contributed by atoms with Gasteiger partial charge in [0.15, 0.2) is 0 Å². The summed E-state index contributed by atoms with van der Waals surface area (Å²) in [5.41, 5.74) is 2.39. The molecule has 1 aliphatic carbocycles. The second-order valence-corrected chi connectivity index (χ2v) is 6.25. The summed E-state index contributed by atoms with van der Waals surface area (Å²) in [7, 11) is 0. The number of benzene rings is 1. The molecule has 1 fully saturated rings. The van der Waals surface area contributed by atoms with Crippen molar-refractivity contribution in [3.05, 3.63) is 47.4 Å². The maximum Gasteiger partial charge on any atom is 0.276 e. The lowest BCUT2D eigenvalue weighted by molar-refractivity contribution is 0.102. The van der Waals surface area contributed by atoms with Gasteiger partial charge in [0, 0.05) is 16.9 Å². The molecule has 0 spiro atoms. The molecule has 3 aromatic rings. The Kier molecular flexibility index (Phi) is 3.11. The average Bonchev–Trinajstić information content (AvgIpc) is 3.29. The zero-order valence-corrected chi connectivity index (χ0v) is 12.9. The van der Waals surface area contributed by atoms with Crippen LogP contribution in [0, 0.1) is 6.92 Å². The van der Waals surface area contributed by atoms with E-state index in [1.165, 1.54) is 11.5 Å². The third-order valence-corrected chi connectivity index (χ3v) is 4.46. The van der Waals surface area contributed by atoms with Crippen LogP contribution in [0.5, 0.6) is 0 Å². The lowest BCUT2D eigenvalue weighted by Gasteiger charge is -2.09. The molecule has 2 aromatic heterocycles. The molecule has 4 rings (SSSR count). The van der Waals surface area contributed by atoms with Gasteiger partial charge in [-0.25, -0.2) is 9.97 Å². The summed E-state index contributed by atoms with van der Waals surface area (Å²) in [5.74, 6) is 0.909. The number of hydrogen-bond acceptors (Lipinski definition) is 5. The van der Waals surface area contributed by atoms with Gasteiger partial charge in [0.25, 0.3) is 5.91 Å². The molecular formula is C16H14N4OS. The van der Waals surface area contributed by atoms with Gasteiger partial charge in [0.05, 0.1) is 5.52 Å². The first-order valence-corrected chi connectivity index (χ1v) is 7.99. The molecule has 5 nitrogen and oxygen atoms in total. The lowest BCUT2D eigenvalue weighted by Crippen LogP contribution is -2.16. The van der Waals surface area contributed by atoms with Crippen LogP contribution in [0.25, 0.3) is 10.9 Å². The van der Waals surface area contributed by atoms with Gasteiger partial charge < -0.3 is 0 Å². The van der Waals surface area contributed by atoms with Crippen LogP contribution < -0.4 is 5.32 Å². The predicted molar refractivity (Wildman–Crippen MR) is 86.3 cm³/mol. The smallest absolute Gasteiger partial charge is 0.276 e. The highest BCUT2D eigenvalue weighted by Crippen LogP contribution is 2.42. The molecule has 1 saturated carbocycles. The third kappa shape index (κ3) is 2.46. The molecule has 0 atom stereocenters. The molecule has 1 N–H and O–H groups in total. The molecule has 22 heavy (non-hydrogen) atoms. The Labute approximate surface area is 131 Å². The van der Waals surface area contributed by atoms with E-state index in [0.717, 1.165) is 29.3 Å². The van der Waals surface area contributed by atoms with Gasteiger partial charge in [-0.2, -0.15) is 4.37 Å². The van der Waals surface area contributed by atoms with Crippen molar-refractivity contribution in [1.29, 1.82) is 0 Å². The van der Waals surface area contributed by atoms with E-state index in [-0.39, 0.29) is 5.91 Å². The molecule has 110 valence electrons. The highest BCUT2D eigenvalue weighted by molar-refractivity contribution is 7.09. The van der Waals surface area contributed by atoms with Crippen molar-refractivity contribution >= 4 is 33.5 Å². The normalized spacial score (nSPS) is 14.2. The summed E-state index contributed by atoms with van der Waals surface area (Å²) in [6.45, 7) is 1.80. The molecule has 0 radical (unpaired) electrons. The number of para-hydroxylation sites is 1. The van der Waals surface area contributed by atoms with Crippen molar-refractivity contribution in [3.63, 3.8) is 0 Å². The van der Waals surface area contributed by atoms with Crippen LogP contribution in [0.4, 0.5) is 5.13 Å². The molecule has 0 unspecified atom stereocenters. The van der Waals surface area contributed by atoms with Crippen LogP contribution in [-0.4, -0.2) is 20.2 Å². The minimum atomic E-state index is -0.205. The summed E-state index contributed by atoms with van der Waals surface area (Å²) in [6.07, 6.45) is 2.25. The van der Waals surface area contributed by atoms with Gasteiger partial charge in [-0.05, 0) is 43.4 Å². The van der Waals surface area contributed by atoms with E-state index in [0.29, 0.717) is 22.6 Å². The first-order valence-electron chi connectivity index (χ1n) is 7.22. The number of hydrogen-bond donors (Lipinski definition) is 1. The first kappa shape index (κ1) is 13.3. The van der Waals surface area contributed by atoms with Crippen molar-refractivity contribution in [1.82, 2.24) is 14.3 Å². The molecule has 0 saturated heterocycles. The molecule has 0 bridgehead atoms. The van der Waals surface area contributed by atoms with Crippen LogP contribution in [0.15, 0.2) is 30.3 Å². The summed E-state index contributed by atoms with van der Waals surface area (Å²) in [6, 6.07) is 9.98. The maximum atomic E-state index is 12.6.